The van der Waals surface area contributed by atoms with Crippen molar-refractivity contribution in [2.45, 2.75) is 386 Å². The van der Waals surface area contributed by atoms with Crippen molar-refractivity contribution in [1.82, 2.24) is 5.32 Å². The van der Waals surface area contributed by atoms with Gasteiger partial charge in [-0.25, -0.2) is 0 Å². The fourth-order valence-corrected chi connectivity index (χ4v) is 10.6. The van der Waals surface area contributed by atoms with Crippen molar-refractivity contribution in [3.05, 3.63) is 24.3 Å². The lowest BCUT2D eigenvalue weighted by molar-refractivity contribution is -0.143. The first-order valence-electron chi connectivity index (χ1n) is 33.6. The van der Waals surface area contributed by atoms with Gasteiger partial charge in [-0.2, -0.15) is 0 Å². The van der Waals surface area contributed by atoms with Crippen LogP contribution in [-0.4, -0.2) is 47.4 Å². The number of aliphatic hydroxyl groups is 2. The fraction of sp³-hybridized carbons (Fsp3) is 0.912. The van der Waals surface area contributed by atoms with Gasteiger partial charge in [0.1, 0.15) is 0 Å². The second-order valence-corrected chi connectivity index (χ2v) is 23.2. The molecule has 0 aromatic rings. The van der Waals surface area contributed by atoms with Gasteiger partial charge in [0.25, 0.3) is 0 Å². The minimum absolute atomic E-state index is 0.00608. The molecule has 0 aliphatic rings. The average molecular weight is 1040 g/mol. The zero-order valence-electron chi connectivity index (χ0n) is 50.1. The molecule has 3 N–H and O–H groups in total. The first-order chi connectivity index (χ1) is 36.5. The van der Waals surface area contributed by atoms with E-state index in [1.807, 2.05) is 0 Å². The number of amides is 1. The third-order valence-electron chi connectivity index (χ3n) is 15.7. The number of allylic oxidation sites excluding steroid dienone is 4. The molecule has 0 saturated carbocycles. The molecule has 6 nitrogen and oxygen atoms in total. The first kappa shape index (κ1) is 72.3. The van der Waals surface area contributed by atoms with Crippen LogP contribution in [0.3, 0.4) is 0 Å². The molecular weight excluding hydrogens is 911 g/mol. The van der Waals surface area contributed by atoms with Gasteiger partial charge in [0.05, 0.1) is 25.4 Å². The van der Waals surface area contributed by atoms with Crippen LogP contribution in [0, 0.1) is 0 Å². The number of hydrogen-bond donors (Lipinski definition) is 3. The normalized spacial score (nSPS) is 12.6. The summed E-state index contributed by atoms with van der Waals surface area (Å²) in [6.07, 6.45) is 79.4. The SMILES string of the molecule is CCC/C=C\C/C=C\CCCCCCCC(=O)OCCCCCCCCCCCCCCCCCCCCCCCCCCCCCCCCCCC(=O)NC(CO)C(O)CCCCCCCCCCCCCC. The Balaban J connectivity index is 3.30. The summed E-state index contributed by atoms with van der Waals surface area (Å²) < 4.78 is 5.48. The molecule has 0 aromatic heterocycles. The maximum atomic E-state index is 12.5. The van der Waals surface area contributed by atoms with E-state index in [1.54, 1.807) is 0 Å². The third-order valence-corrected chi connectivity index (χ3v) is 15.7. The van der Waals surface area contributed by atoms with Gasteiger partial charge in [-0.15, -0.1) is 0 Å². The van der Waals surface area contributed by atoms with E-state index in [0.717, 1.165) is 51.4 Å². The molecule has 0 bridgehead atoms. The number of carbonyl (C=O) groups excluding carboxylic acids is 2. The Labute approximate surface area is 462 Å². The predicted molar refractivity (Wildman–Crippen MR) is 324 cm³/mol. The van der Waals surface area contributed by atoms with Crippen molar-refractivity contribution in [3.8, 4) is 0 Å². The van der Waals surface area contributed by atoms with E-state index in [2.05, 4.69) is 43.5 Å². The smallest absolute Gasteiger partial charge is 0.305 e. The number of unbranched alkanes of at least 4 members (excludes halogenated alkanes) is 48. The Morgan fingerprint density at radius 3 is 1.08 bits per heavy atom. The van der Waals surface area contributed by atoms with Gasteiger partial charge < -0.3 is 20.3 Å². The van der Waals surface area contributed by atoms with Gasteiger partial charge in [-0.1, -0.05) is 334 Å². The summed E-state index contributed by atoms with van der Waals surface area (Å²) in [6, 6.07) is -0.536. The Morgan fingerprint density at radius 1 is 0.378 bits per heavy atom. The average Bonchev–Trinajstić information content (AvgIpc) is 3.40. The van der Waals surface area contributed by atoms with Gasteiger partial charge >= 0.3 is 5.97 Å². The van der Waals surface area contributed by atoms with E-state index in [4.69, 9.17) is 4.74 Å². The van der Waals surface area contributed by atoms with Crippen LogP contribution in [-0.2, 0) is 14.3 Å². The van der Waals surface area contributed by atoms with E-state index in [-0.39, 0.29) is 18.5 Å². The lowest BCUT2D eigenvalue weighted by atomic mass is 10.0. The van der Waals surface area contributed by atoms with Gasteiger partial charge in [0.2, 0.25) is 5.91 Å². The highest BCUT2D eigenvalue weighted by atomic mass is 16.5. The Bertz CT molecular complexity index is 1150. The largest absolute Gasteiger partial charge is 0.466 e. The lowest BCUT2D eigenvalue weighted by Crippen LogP contribution is -2.45. The third kappa shape index (κ3) is 59.6. The van der Waals surface area contributed by atoms with Crippen LogP contribution in [0.4, 0.5) is 0 Å². The monoisotopic (exact) mass is 1040 g/mol. The summed E-state index contributed by atoms with van der Waals surface area (Å²) in [4.78, 5) is 24.5. The summed E-state index contributed by atoms with van der Waals surface area (Å²) in [5.74, 6) is -0.0231. The van der Waals surface area contributed by atoms with Crippen molar-refractivity contribution in [2.75, 3.05) is 13.2 Å². The summed E-state index contributed by atoms with van der Waals surface area (Å²) in [6.45, 7) is 4.90. The Morgan fingerprint density at radius 2 is 0.703 bits per heavy atom. The van der Waals surface area contributed by atoms with Crippen molar-refractivity contribution < 1.29 is 24.5 Å². The van der Waals surface area contributed by atoms with Crippen molar-refractivity contribution in [1.29, 1.82) is 0 Å². The topological polar surface area (TPSA) is 95.9 Å². The zero-order chi connectivity index (χ0) is 53.6. The molecule has 0 radical (unpaired) electrons. The molecular formula is C68H131NO5. The minimum Gasteiger partial charge on any atom is -0.466 e. The number of aliphatic hydroxyl groups excluding tert-OH is 2. The molecule has 0 fully saturated rings. The van der Waals surface area contributed by atoms with E-state index < -0.39 is 12.1 Å². The molecule has 0 saturated heterocycles. The van der Waals surface area contributed by atoms with E-state index in [1.165, 1.54) is 289 Å². The number of carbonyl (C=O) groups is 2. The maximum Gasteiger partial charge on any atom is 0.305 e. The van der Waals surface area contributed by atoms with Gasteiger partial charge in [-0.3, -0.25) is 9.59 Å². The highest BCUT2D eigenvalue weighted by molar-refractivity contribution is 5.76. The fourth-order valence-electron chi connectivity index (χ4n) is 10.6. The first-order valence-corrected chi connectivity index (χ1v) is 33.6. The van der Waals surface area contributed by atoms with Crippen molar-refractivity contribution in [2.24, 2.45) is 0 Å². The molecule has 1 amide bonds. The highest BCUT2D eigenvalue weighted by Crippen LogP contribution is 2.19. The molecule has 0 aromatic carbocycles. The van der Waals surface area contributed by atoms with Gasteiger partial charge in [0.15, 0.2) is 0 Å². The molecule has 0 aliphatic heterocycles. The van der Waals surface area contributed by atoms with Crippen LogP contribution in [0.2, 0.25) is 0 Å². The van der Waals surface area contributed by atoms with Crippen LogP contribution in [0.15, 0.2) is 24.3 Å². The number of hydrogen-bond acceptors (Lipinski definition) is 5. The van der Waals surface area contributed by atoms with Crippen LogP contribution in [0.5, 0.6) is 0 Å². The van der Waals surface area contributed by atoms with Crippen molar-refractivity contribution in [3.63, 3.8) is 0 Å². The predicted octanol–water partition coefficient (Wildman–Crippen LogP) is 21.4. The second-order valence-electron chi connectivity index (χ2n) is 23.2. The highest BCUT2D eigenvalue weighted by Gasteiger charge is 2.20. The number of rotatable bonds is 63. The molecule has 6 heteroatoms. The van der Waals surface area contributed by atoms with E-state index in [9.17, 15) is 19.8 Å². The minimum atomic E-state index is -0.659. The maximum absolute atomic E-state index is 12.5. The summed E-state index contributed by atoms with van der Waals surface area (Å²) in [7, 11) is 0. The van der Waals surface area contributed by atoms with Crippen LogP contribution < -0.4 is 5.32 Å². The summed E-state index contributed by atoms with van der Waals surface area (Å²) >= 11 is 0. The number of esters is 1. The molecule has 2 unspecified atom stereocenters. The molecule has 0 heterocycles. The standard InChI is InChI=1S/C68H131NO5/c1-3-5-7-9-11-13-15-37-42-46-50-54-58-62-68(73)74-63-59-55-51-47-43-39-36-34-32-30-28-26-24-22-20-18-17-19-21-23-25-27-29-31-33-35-38-41-45-49-53-57-61-67(72)69-65(64-70)66(71)60-56-52-48-44-40-16-14-12-10-8-6-4-2/h7,9,13,15,65-66,70-71H,3-6,8,10-12,14,16-64H2,1-2H3,(H,69,72)/b9-7-,15-13-. The molecule has 0 aliphatic carbocycles. The summed E-state index contributed by atoms with van der Waals surface area (Å²) in [5.41, 5.74) is 0. The molecule has 0 spiro atoms. The van der Waals surface area contributed by atoms with Crippen LogP contribution in [0.25, 0.3) is 0 Å². The second kappa shape index (κ2) is 63.9. The lowest BCUT2D eigenvalue weighted by Gasteiger charge is -2.22. The quantitative estimate of drug-likeness (QED) is 0.0320. The molecule has 2 atom stereocenters. The molecule has 74 heavy (non-hydrogen) atoms. The van der Waals surface area contributed by atoms with Crippen LogP contribution >= 0.6 is 0 Å². The Kier molecular flexibility index (Phi) is 62.4. The zero-order valence-corrected chi connectivity index (χ0v) is 50.1. The van der Waals surface area contributed by atoms with E-state index >= 15 is 0 Å². The number of nitrogens with one attached hydrogen (secondary N) is 1. The number of ether oxygens (including phenoxy) is 1. The molecule has 0 rings (SSSR count). The van der Waals surface area contributed by atoms with Crippen molar-refractivity contribution >= 4 is 11.9 Å². The van der Waals surface area contributed by atoms with Gasteiger partial charge in [-0.05, 0) is 51.4 Å². The summed E-state index contributed by atoms with van der Waals surface area (Å²) in [5, 5.41) is 23.2. The molecule has 438 valence electrons. The van der Waals surface area contributed by atoms with Gasteiger partial charge in [0, 0.05) is 12.8 Å². The van der Waals surface area contributed by atoms with Crippen LogP contribution in [0.1, 0.15) is 373 Å². The Hall–Kier alpha value is -1.66. The van der Waals surface area contributed by atoms with E-state index in [0.29, 0.717) is 25.9 Å².